The summed E-state index contributed by atoms with van der Waals surface area (Å²) < 4.78 is 8.90. The molecular formula is C58H41N3O. The van der Waals surface area contributed by atoms with Gasteiger partial charge < -0.3 is 18.8 Å². The molecule has 0 saturated heterocycles. The highest BCUT2D eigenvalue weighted by atomic mass is 16.3. The summed E-state index contributed by atoms with van der Waals surface area (Å²) in [6, 6.07) is 77.0. The van der Waals surface area contributed by atoms with Crippen molar-refractivity contribution in [3.05, 3.63) is 223 Å². The van der Waals surface area contributed by atoms with Crippen LogP contribution in [0.25, 0.3) is 71.0 Å². The van der Waals surface area contributed by atoms with Gasteiger partial charge in [-0.3, -0.25) is 0 Å². The van der Waals surface area contributed by atoms with Crippen LogP contribution >= 0.6 is 0 Å². The van der Waals surface area contributed by atoms with Gasteiger partial charge in [-0.2, -0.15) is 0 Å². The van der Waals surface area contributed by atoms with Gasteiger partial charge >= 0.3 is 0 Å². The van der Waals surface area contributed by atoms with Gasteiger partial charge in [-0.1, -0.05) is 139 Å². The van der Waals surface area contributed by atoms with Gasteiger partial charge in [-0.15, -0.1) is 0 Å². The molecule has 0 unspecified atom stereocenters. The number of hydrogen-bond acceptors (Lipinski definition) is 3. The van der Waals surface area contributed by atoms with E-state index in [2.05, 4.69) is 234 Å². The van der Waals surface area contributed by atoms with E-state index >= 15 is 0 Å². The summed E-state index contributed by atoms with van der Waals surface area (Å²) in [5.41, 5.74) is 14.1. The van der Waals surface area contributed by atoms with E-state index in [0.717, 1.165) is 72.8 Å². The summed E-state index contributed by atoms with van der Waals surface area (Å²) in [7, 11) is 0. The Labute approximate surface area is 359 Å². The average molecular weight is 796 g/mol. The minimum atomic E-state index is 0.872. The number of aromatic nitrogens is 1. The fraction of sp³-hybridized carbons (Fsp3) is 0.0345. The molecule has 2 heterocycles. The van der Waals surface area contributed by atoms with Crippen LogP contribution < -0.4 is 9.80 Å². The minimum Gasteiger partial charge on any atom is -0.456 e. The van der Waals surface area contributed by atoms with Gasteiger partial charge in [0.1, 0.15) is 11.2 Å². The summed E-state index contributed by atoms with van der Waals surface area (Å²) in [5, 5.41) is 9.39. The zero-order valence-corrected chi connectivity index (χ0v) is 34.5. The smallest absolute Gasteiger partial charge is 0.135 e. The lowest BCUT2D eigenvalue weighted by Gasteiger charge is -2.27. The number of aryl methyl sites for hydroxylation is 2. The molecule has 10 aromatic carbocycles. The molecule has 62 heavy (non-hydrogen) atoms. The molecule has 0 fully saturated rings. The molecule has 0 radical (unpaired) electrons. The Kier molecular flexibility index (Phi) is 8.26. The number of para-hydroxylation sites is 3. The lowest BCUT2D eigenvalue weighted by atomic mass is 9.96. The van der Waals surface area contributed by atoms with Gasteiger partial charge in [0.15, 0.2) is 0 Å². The predicted molar refractivity (Wildman–Crippen MR) is 262 cm³/mol. The van der Waals surface area contributed by atoms with Crippen LogP contribution in [0.5, 0.6) is 0 Å². The summed E-state index contributed by atoms with van der Waals surface area (Å²) in [5.74, 6) is 0. The highest BCUT2D eigenvalue weighted by Crippen LogP contribution is 2.50. The van der Waals surface area contributed by atoms with Crippen molar-refractivity contribution < 1.29 is 4.42 Å². The first-order chi connectivity index (χ1) is 30.6. The van der Waals surface area contributed by atoms with Gasteiger partial charge in [0, 0.05) is 60.8 Å². The molecule has 2 aromatic heterocycles. The summed E-state index contributed by atoms with van der Waals surface area (Å²) in [6.45, 7) is 4.29. The van der Waals surface area contributed by atoms with Gasteiger partial charge in [0.25, 0.3) is 0 Å². The van der Waals surface area contributed by atoms with Crippen molar-refractivity contribution in [2.45, 2.75) is 13.8 Å². The van der Waals surface area contributed by atoms with Gasteiger partial charge in [0.05, 0.1) is 22.4 Å². The van der Waals surface area contributed by atoms with Crippen LogP contribution in [0.1, 0.15) is 11.1 Å². The molecule has 0 aliphatic carbocycles. The van der Waals surface area contributed by atoms with Gasteiger partial charge in [0.2, 0.25) is 0 Å². The Bertz CT molecular complexity index is 3460. The minimum absolute atomic E-state index is 0.872. The molecule has 4 nitrogen and oxygen atoms in total. The monoisotopic (exact) mass is 795 g/mol. The van der Waals surface area contributed by atoms with Crippen LogP contribution in [0.2, 0.25) is 0 Å². The van der Waals surface area contributed by atoms with Gasteiger partial charge in [-0.05, 0) is 110 Å². The van der Waals surface area contributed by atoms with Crippen LogP contribution in [0, 0.1) is 13.8 Å². The highest BCUT2D eigenvalue weighted by Gasteiger charge is 2.26. The number of furan rings is 1. The predicted octanol–water partition coefficient (Wildman–Crippen LogP) is 16.5. The zero-order chi connectivity index (χ0) is 41.3. The number of hydrogen-bond donors (Lipinski definition) is 0. The number of nitrogens with zero attached hydrogens (tertiary/aromatic N) is 3. The van der Waals surface area contributed by atoms with Crippen molar-refractivity contribution in [2.75, 3.05) is 9.80 Å². The van der Waals surface area contributed by atoms with E-state index in [1.54, 1.807) is 0 Å². The molecule has 0 spiro atoms. The van der Waals surface area contributed by atoms with E-state index in [0.29, 0.717) is 0 Å². The van der Waals surface area contributed by atoms with Crippen LogP contribution in [0.15, 0.2) is 217 Å². The third-order valence-corrected chi connectivity index (χ3v) is 12.4. The second-order valence-corrected chi connectivity index (χ2v) is 16.3. The lowest BCUT2D eigenvalue weighted by Crippen LogP contribution is -2.11. The second kappa shape index (κ2) is 14.3. The molecule has 4 heteroatoms. The number of rotatable bonds is 7. The molecule has 0 amide bonds. The highest BCUT2D eigenvalue weighted by molar-refractivity contribution is 6.32. The van der Waals surface area contributed by atoms with Crippen molar-refractivity contribution in [3.8, 4) is 5.69 Å². The van der Waals surface area contributed by atoms with E-state index in [1.807, 2.05) is 6.07 Å². The SMILES string of the molecule is Cc1ccc(N(c2ccccc2)c2cc3c(c4ccccc24)c2c4ccccc4c(N(c4ccccc4)c4ccc(C)cc4)cc2n3-c2ccc3oc4ccccc4c3c2)cc1. The van der Waals surface area contributed by atoms with E-state index in [1.165, 1.54) is 43.4 Å². The molecule has 0 atom stereocenters. The van der Waals surface area contributed by atoms with E-state index in [4.69, 9.17) is 4.42 Å². The van der Waals surface area contributed by atoms with Crippen molar-refractivity contribution in [1.82, 2.24) is 4.57 Å². The summed E-state index contributed by atoms with van der Waals surface area (Å²) >= 11 is 0. The standard InChI is InChI=1S/C58H41N3O/c1-38-25-29-42(30-26-38)59(40-15-5-3-6-16-40)51-36-53-57(48-22-11-9-19-45(48)51)58-49-23-12-10-20-46(49)52(60(41-17-7-4-8-18-41)43-31-27-39(2)28-32-43)37-54(58)61(53)44-33-34-56-50(35-44)47-21-13-14-24-55(47)62-56/h3-37H,1-2H3. The molecule has 0 aliphatic rings. The number of fused-ring (bicyclic) bond motifs is 10. The maximum Gasteiger partial charge on any atom is 0.135 e. The second-order valence-electron chi connectivity index (χ2n) is 16.3. The molecule has 0 saturated carbocycles. The first kappa shape index (κ1) is 35.8. The zero-order valence-electron chi connectivity index (χ0n) is 34.5. The van der Waals surface area contributed by atoms with Crippen LogP contribution in [0.4, 0.5) is 34.1 Å². The Morgan fingerprint density at radius 3 is 1.24 bits per heavy atom. The first-order valence-corrected chi connectivity index (χ1v) is 21.3. The lowest BCUT2D eigenvalue weighted by molar-refractivity contribution is 0.669. The van der Waals surface area contributed by atoms with Gasteiger partial charge in [-0.25, -0.2) is 0 Å². The van der Waals surface area contributed by atoms with Crippen molar-refractivity contribution >= 4 is 99.4 Å². The quantitative estimate of drug-likeness (QED) is 0.161. The largest absolute Gasteiger partial charge is 0.456 e. The molecular weight excluding hydrogens is 755 g/mol. The van der Waals surface area contributed by atoms with Crippen molar-refractivity contribution in [1.29, 1.82) is 0 Å². The third kappa shape index (κ3) is 5.68. The fourth-order valence-electron chi connectivity index (χ4n) is 9.59. The summed E-state index contributed by atoms with van der Waals surface area (Å²) in [4.78, 5) is 4.82. The Morgan fingerprint density at radius 1 is 0.339 bits per heavy atom. The number of anilines is 6. The van der Waals surface area contributed by atoms with Crippen LogP contribution in [-0.2, 0) is 0 Å². The molecule has 12 aromatic rings. The summed E-state index contributed by atoms with van der Waals surface area (Å²) in [6.07, 6.45) is 0. The van der Waals surface area contributed by atoms with E-state index in [9.17, 15) is 0 Å². The maximum atomic E-state index is 6.41. The molecule has 12 rings (SSSR count). The molecule has 0 N–H and O–H groups in total. The van der Waals surface area contributed by atoms with Crippen molar-refractivity contribution in [3.63, 3.8) is 0 Å². The molecule has 0 aliphatic heterocycles. The average Bonchev–Trinajstić information content (AvgIpc) is 3.86. The van der Waals surface area contributed by atoms with Crippen LogP contribution in [0.3, 0.4) is 0 Å². The maximum absolute atomic E-state index is 6.41. The molecule has 0 bridgehead atoms. The number of benzene rings is 10. The third-order valence-electron chi connectivity index (χ3n) is 12.4. The van der Waals surface area contributed by atoms with Crippen molar-refractivity contribution in [2.24, 2.45) is 0 Å². The fourth-order valence-corrected chi connectivity index (χ4v) is 9.59. The topological polar surface area (TPSA) is 24.6 Å². The Balaban J connectivity index is 1.26. The normalized spacial score (nSPS) is 11.7. The van der Waals surface area contributed by atoms with E-state index in [-0.39, 0.29) is 0 Å². The molecule has 294 valence electrons. The van der Waals surface area contributed by atoms with Crippen LogP contribution in [-0.4, -0.2) is 4.57 Å². The Hall–Kier alpha value is -8.08. The first-order valence-electron chi connectivity index (χ1n) is 21.3. The Morgan fingerprint density at radius 2 is 0.742 bits per heavy atom. The van der Waals surface area contributed by atoms with E-state index < -0.39 is 0 Å².